The second-order valence-corrected chi connectivity index (χ2v) is 10.6. The van der Waals surface area contributed by atoms with Gasteiger partial charge in [-0.25, -0.2) is 0 Å². The Morgan fingerprint density at radius 1 is 0.378 bits per heavy atom. The van der Waals surface area contributed by atoms with Crippen LogP contribution in [0, 0.1) is 45.3 Å². The van der Waals surface area contributed by atoms with Crippen molar-refractivity contribution in [1.29, 1.82) is 21.0 Å². The van der Waals surface area contributed by atoms with E-state index in [1.54, 1.807) is 36.4 Å². The minimum Gasteiger partial charge on any atom is -0.309 e. The molecule has 1 aromatic heterocycles. The lowest BCUT2D eigenvalue weighted by molar-refractivity contribution is 1.18. The quantitative estimate of drug-likeness (QED) is 0.210. The molecular formula is C40H21N5. The number of rotatable bonds is 4. The fraction of sp³-hybridized carbons (Fsp3) is 0. The molecule has 0 aliphatic carbocycles. The van der Waals surface area contributed by atoms with Crippen molar-refractivity contribution in [2.75, 3.05) is 0 Å². The fourth-order valence-corrected chi connectivity index (χ4v) is 6.16. The van der Waals surface area contributed by atoms with Gasteiger partial charge in [0.2, 0.25) is 0 Å². The number of benzene rings is 6. The molecule has 0 saturated heterocycles. The number of hydrogen-bond acceptors (Lipinski definition) is 4. The SMILES string of the molecule is N#Cc1cccc(C#N)c1-c1ccc2c(c1)c1ccc(-c3c(C#N)cccc3C#N)cc1n2-c1cccc(-c2ccccc2)c1. The van der Waals surface area contributed by atoms with E-state index in [0.717, 1.165) is 49.7 Å². The first-order chi connectivity index (χ1) is 22.1. The molecule has 0 N–H and O–H groups in total. The summed E-state index contributed by atoms with van der Waals surface area (Å²) >= 11 is 0. The van der Waals surface area contributed by atoms with Crippen molar-refractivity contribution < 1.29 is 0 Å². The summed E-state index contributed by atoms with van der Waals surface area (Å²) in [5, 5.41) is 41.5. The minimum atomic E-state index is 0.432. The van der Waals surface area contributed by atoms with Crippen LogP contribution >= 0.6 is 0 Å². The first-order valence-electron chi connectivity index (χ1n) is 14.3. The Morgan fingerprint density at radius 3 is 1.51 bits per heavy atom. The van der Waals surface area contributed by atoms with Gasteiger partial charge in [0.05, 0.1) is 57.6 Å². The van der Waals surface area contributed by atoms with Crippen molar-refractivity contribution in [2.24, 2.45) is 0 Å². The van der Waals surface area contributed by atoms with E-state index < -0.39 is 0 Å². The second kappa shape index (κ2) is 11.1. The maximum atomic E-state index is 9.91. The average Bonchev–Trinajstić information content (AvgIpc) is 3.44. The predicted octanol–water partition coefficient (Wildman–Crippen LogP) is 9.27. The molecule has 1 heterocycles. The van der Waals surface area contributed by atoms with Gasteiger partial charge in [0.25, 0.3) is 0 Å². The highest BCUT2D eigenvalue weighted by atomic mass is 15.0. The largest absolute Gasteiger partial charge is 0.309 e. The highest BCUT2D eigenvalue weighted by molar-refractivity contribution is 6.12. The van der Waals surface area contributed by atoms with Crippen molar-refractivity contribution in [3.63, 3.8) is 0 Å². The van der Waals surface area contributed by atoms with Crippen LogP contribution in [0.3, 0.4) is 0 Å². The van der Waals surface area contributed by atoms with Crippen molar-refractivity contribution in [3.05, 3.63) is 150 Å². The first kappa shape index (κ1) is 26.9. The van der Waals surface area contributed by atoms with Gasteiger partial charge in [0.15, 0.2) is 0 Å². The van der Waals surface area contributed by atoms with Gasteiger partial charge in [-0.2, -0.15) is 21.0 Å². The standard InChI is InChI=1S/C40H21N5/c41-22-30-10-4-11-31(23-42)39(30)28-16-18-37-36(20-28)35-17-15-29(40-32(24-43)12-5-13-33(40)25-44)21-38(35)45(37)34-14-6-9-27(19-34)26-7-2-1-3-8-26/h1-21H. The Morgan fingerprint density at radius 2 is 0.911 bits per heavy atom. The van der Waals surface area contributed by atoms with Gasteiger partial charge in [-0.1, -0.05) is 72.8 Å². The first-order valence-corrected chi connectivity index (χ1v) is 14.3. The molecule has 5 heteroatoms. The van der Waals surface area contributed by atoms with E-state index in [1.807, 2.05) is 60.7 Å². The van der Waals surface area contributed by atoms with E-state index in [-0.39, 0.29) is 0 Å². The molecule has 0 bridgehead atoms. The Hall–Kier alpha value is -6.92. The normalized spacial score (nSPS) is 10.6. The summed E-state index contributed by atoms with van der Waals surface area (Å²) in [5.74, 6) is 0. The van der Waals surface area contributed by atoms with Gasteiger partial charge in [-0.15, -0.1) is 0 Å². The highest BCUT2D eigenvalue weighted by Gasteiger charge is 2.19. The van der Waals surface area contributed by atoms with E-state index >= 15 is 0 Å². The third-order valence-corrected chi connectivity index (χ3v) is 8.17. The van der Waals surface area contributed by atoms with Crippen molar-refractivity contribution in [1.82, 2.24) is 4.57 Å². The maximum absolute atomic E-state index is 9.91. The molecule has 5 nitrogen and oxygen atoms in total. The molecule has 6 aromatic carbocycles. The zero-order valence-electron chi connectivity index (χ0n) is 23.9. The molecule has 0 spiro atoms. The minimum absolute atomic E-state index is 0.432. The van der Waals surface area contributed by atoms with Gasteiger partial charge in [0.1, 0.15) is 0 Å². The third-order valence-electron chi connectivity index (χ3n) is 8.17. The number of aromatic nitrogens is 1. The molecule has 45 heavy (non-hydrogen) atoms. The summed E-state index contributed by atoms with van der Waals surface area (Å²) < 4.78 is 2.19. The molecule has 0 atom stereocenters. The van der Waals surface area contributed by atoms with E-state index in [1.165, 1.54) is 0 Å². The van der Waals surface area contributed by atoms with Crippen molar-refractivity contribution >= 4 is 21.8 Å². The summed E-state index contributed by atoms with van der Waals surface area (Å²) in [6, 6.07) is 49.9. The molecule has 0 amide bonds. The summed E-state index contributed by atoms with van der Waals surface area (Å²) in [5.41, 5.74) is 9.44. The molecular weight excluding hydrogens is 550 g/mol. The van der Waals surface area contributed by atoms with Gasteiger partial charge in [0, 0.05) is 27.6 Å². The van der Waals surface area contributed by atoms with Gasteiger partial charge < -0.3 is 4.57 Å². The van der Waals surface area contributed by atoms with Crippen LogP contribution in [0.1, 0.15) is 22.3 Å². The van der Waals surface area contributed by atoms with Crippen LogP contribution in [0.15, 0.2) is 127 Å². The predicted molar refractivity (Wildman–Crippen MR) is 176 cm³/mol. The molecule has 0 saturated carbocycles. The topological polar surface area (TPSA) is 100 Å². The molecule has 0 aliphatic rings. The Kier molecular flexibility index (Phi) is 6.62. The lowest BCUT2D eigenvalue weighted by atomic mass is 9.93. The van der Waals surface area contributed by atoms with Crippen molar-refractivity contribution in [3.8, 4) is 63.3 Å². The molecule has 206 valence electrons. The van der Waals surface area contributed by atoms with Crippen LogP contribution in [-0.2, 0) is 0 Å². The lowest BCUT2D eigenvalue weighted by Gasteiger charge is -2.12. The van der Waals surface area contributed by atoms with Crippen LogP contribution in [-0.4, -0.2) is 4.57 Å². The molecule has 0 fully saturated rings. The van der Waals surface area contributed by atoms with Crippen LogP contribution in [0.5, 0.6) is 0 Å². The van der Waals surface area contributed by atoms with Gasteiger partial charge in [-0.05, 0) is 76.9 Å². The molecule has 0 aliphatic heterocycles. The average molecular weight is 572 g/mol. The summed E-state index contributed by atoms with van der Waals surface area (Å²) in [7, 11) is 0. The highest BCUT2D eigenvalue weighted by Crippen LogP contribution is 2.39. The van der Waals surface area contributed by atoms with Gasteiger partial charge in [-0.3, -0.25) is 0 Å². The third kappa shape index (κ3) is 4.47. The summed E-state index contributed by atoms with van der Waals surface area (Å²) in [4.78, 5) is 0. The summed E-state index contributed by atoms with van der Waals surface area (Å²) in [6.45, 7) is 0. The number of nitrogens with zero attached hydrogens (tertiary/aromatic N) is 5. The molecule has 0 radical (unpaired) electrons. The van der Waals surface area contributed by atoms with E-state index in [2.05, 4.69) is 59.2 Å². The zero-order valence-corrected chi connectivity index (χ0v) is 23.9. The molecule has 7 rings (SSSR count). The Bertz CT molecular complexity index is 2410. The number of nitriles is 4. The monoisotopic (exact) mass is 571 g/mol. The molecule has 7 aromatic rings. The fourth-order valence-electron chi connectivity index (χ4n) is 6.16. The Balaban J connectivity index is 1.55. The zero-order chi connectivity index (χ0) is 30.9. The van der Waals surface area contributed by atoms with E-state index in [0.29, 0.717) is 33.4 Å². The number of fused-ring (bicyclic) bond motifs is 3. The van der Waals surface area contributed by atoms with E-state index in [4.69, 9.17) is 0 Å². The Labute approximate surface area is 259 Å². The number of hydrogen-bond donors (Lipinski definition) is 0. The maximum Gasteiger partial charge on any atom is 0.0998 e. The van der Waals surface area contributed by atoms with Crippen LogP contribution in [0.4, 0.5) is 0 Å². The van der Waals surface area contributed by atoms with Gasteiger partial charge >= 0.3 is 0 Å². The van der Waals surface area contributed by atoms with Crippen LogP contribution in [0.2, 0.25) is 0 Å². The van der Waals surface area contributed by atoms with E-state index in [9.17, 15) is 21.0 Å². The lowest BCUT2D eigenvalue weighted by Crippen LogP contribution is -1.96. The smallest absolute Gasteiger partial charge is 0.0998 e. The van der Waals surface area contributed by atoms with Crippen LogP contribution < -0.4 is 0 Å². The van der Waals surface area contributed by atoms with Crippen LogP contribution in [0.25, 0.3) is 60.9 Å². The summed E-state index contributed by atoms with van der Waals surface area (Å²) in [6.07, 6.45) is 0. The molecule has 0 unspecified atom stereocenters. The second-order valence-electron chi connectivity index (χ2n) is 10.6. The van der Waals surface area contributed by atoms with Crippen molar-refractivity contribution in [2.45, 2.75) is 0 Å².